The van der Waals surface area contributed by atoms with Crippen LogP contribution in [0.25, 0.3) is 0 Å². The molecule has 1 spiro atoms. The van der Waals surface area contributed by atoms with Gasteiger partial charge in [0.15, 0.2) is 0 Å². The van der Waals surface area contributed by atoms with Crippen molar-refractivity contribution in [1.29, 1.82) is 0 Å². The van der Waals surface area contributed by atoms with E-state index < -0.39 is 5.54 Å². The van der Waals surface area contributed by atoms with Crippen molar-refractivity contribution in [2.45, 2.75) is 71.3 Å². The molecule has 2 N–H and O–H groups in total. The first-order valence-corrected chi connectivity index (χ1v) is 8.35. The zero-order chi connectivity index (χ0) is 14.0. The molecule has 3 rings (SSSR count). The number of carbonyl (C=O) groups excluding carboxylic acids is 1. The Morgan fingerprint density at radius 3 is 2.76 bits per heavy atom. The molecule has 4 heteroatoms. The number of nitrogens with one attached hydrogen (secondary N) is 2. The SMILES string of the molecule is C.CCC[C@@H]1CCC[C@H](C2=NC3(CCNCC3)C(=O)N2)C1. The minimum Gasteiger partial charge on any atom is -0.317 e. The van der Waals surface area contributed by atoms with Crippen molar-refractivity contribution < 1.29 is 4.79 Å². The summed E-state index contributed by atoms with van der Waals surface area (Å²) in [6, 6.07) is 0. The predicted octanol–water partition coefficient (Wildman–Crippen LogP) is 2.88. The van der Waals surface area contributed by atoms with E-state index >= 15 is 0 Å². The normalized spacial score (nSPS) is 31.5. The number of nitrogens with zero attached hydrogens (tertiary/aromatic N) is 1. The van der Waals surface area contributed by atoms with E-state index in [4.69, 9.17) is 4.99 Å². The summed E-state index contributed by atoms with van der Waals surface area (Å²) in [5, 5.41) is 6.46. The smallest absolute Gasteiger partial charge is 0.253 e. The van der Waals surface area contributed by atoms with Gasteiger partial charge in [0, 0.05) is 5.92 Å². The standard InChI is InChI=1S/C16H27N3O.CH4/c1-2-4-12-5-3-6-13(11-12)14-18-15(20)16(19-14)7-9-17-10-8-16;/h12-13,17H,2-11H2,1H3,(H,18,19,20);1H4/t12-,13+;/m1./s1. The summed E-state index contributed by atoms with van der Waals surface area (Å²) in [6.07, 6.45) is 9.38. The third-order valence-electron chi connectivity index (χ3n) is 5.30. The van der Waals surface area contributed by atoms with Crippen molar-refractivity contribution in [2.75, 3.05) is 13.1 Å². The largest absolute Gasteiger partial charge is 0.317 e. The lowest BCUT2D eigenvalue weighted by molar-refractivity contribution is -0.124. The van der Waals surface area contributed by atoms with Gasteiger partial charge in [0.05, 0.1) is 0 Å². The highest BCUT2D eigenvalue weighted by Gasteiger charge is 2.45. The summed E-state index contributed by atoms with van der Waals surface area (Å²) in [4.78, 5) is 17.3. The lowest BCUT2D eigenvalue weighted by Crippen LogP contribution is -2.47. The van der Waals surface area contributed by atoms with E-state index in [2.05, 4.69) is 17.6 Å². The molecule has 0 aromatic heterocycles. The molecule has 21 heavy (non-hydrogen) atoms. The van der Waals surface area contributed by atoms with E-state index in [1.165, 1.54) is 38.5 Å². The van der Waals surface area contributed by atoms with Gasteiger partial charge in [-0.1, -0.05) is 40.0 Å². The monoisotopic (exact) mass is 293 g/mol. The fourth-order valence-corrected chi connectivity index (χ4v) is 4.12. The molecule has 2 atom stereocenters. The van der Waals surface area contributed by atoms with Crippen LogP contribution in [-0.2, 0) is 4.79 Å². The van der Waals surface area contributed by atoms with Crippen molar-refractivity contribution in [1.82, 2.24) is 10.6 Å². The highest BCUT2D eigenvalue weighted by atomic mass is 16.2. The van der Waals surface area contributed by atoms with Gasteiger partial charge in [-0.3, -0.25) is 9.79 Å². The maximum Gasteiger partial charge on any atom is 0.253 e. The first-order chi connectivity index (χ1) is 9.73. The zero-order valence-electron chi connectivity index (χ0n) is 12.6. The fraction of sp³-hybridized carbons (Fsp3) is 0.882. The Balaban J connectivity index is 0.00000161. The van der Waals surface area contributed by atoms with E-state index in [-0.39, 0.29) is 13.3 Å². The third-order valence-corrected chi connectivity index (χ3v) is 5.30. The topological polar surface area (TPSA) is 53.5 Å². The summed E-state index contributed by atoms with van der Waals surface area (Å²) in [5.41, 5.74) is -0.432. The number of rotatable bonds is 3. The van der Waals surface area contributed by atoms with Crippen LogP contribution in [0.5, 0.6) is 0 Å². The van der Waals surface area contributed by atoms with Gasteiger partial charge < -0.3 is 10.6 Å². The average Bonchev–Trinajstić information content (AvgIpc) is 2.78. The lowest BCUT2D eigenvalue weighted by Gasteiger charge is -2.29. The maximum absolute atomic E-state index is 12.4. The lowest BCUT2D eigenvalue weighted by atomic mass is 9.79. The van der Waals surface area contributed by atoms with E-state index in [1.54, 1.807) is 0 Å². The first-order valence-electron chi connectivity index (χ1n) is 8.35. The number of amides is 1. The number of hydrogen-bond acceptors (Lipinski definition) is 3. The zero-order valence-corrected chi connectivity index (χ0v) is 12.6. The molecule has 2 fully saturated rings. The van der Waals surface area contributed by atoms with Crippen LogP contribution in [0, 0.1) is 11.8 Å². The van der Waals surface area contributed by atoms with Crippen molar-refractivity contribution in [3.05, 3.63) is 0 Å². The molecule has 0 bridgehead atoms. The molecule has 1 saturated heterocycles. The third kappa shape index (κ3) is 3.31. The highest BCUT2D eigenvalue weighted by Crippen LogP contribution is 2.36. The van der Waals surface area contributed by atoms with Crippen molar-refractivity contribution in [3.63, 3.8) is 0 Å². The van der Waals surface area contributed by atoms with Gasteiger partial charge in [-0.15, -0.1) is 0 Å². The quantitative estimate of drug-likeness (QED) is 0.840. The Bertz CT molecular complexity index is 397. The van der Waals surface area contributed by atoms with Gasteiger partial charge in [0.1, 0.15) is 11.4 Å². The minimum absolute atomic E-state index is 0. The van der Waals surface area contributed by atoms with Crippen molar-refractivity contribution in [2.24, 2.45) is 16.8 Å². The molecule has 1 aliphatic carbocycles. The molecule has 120 valence electrons. The highest BCUT2D eigenvalue weighted by molar-refractivity contribution is 6.09. The molecule has 0 radical (unpaired) electrons. The Morgan fingerprint density at radius 2 is 2.05 bits per heavy atom. The Morgan fingerprint density at radius 1 is 1.29 bits per heavy atom. The molecular formula is C17H31N3O. The van der Waals surface area contributed by atoms with Crippen LogP contribution in [0.4, 0.5) is 0 Å². The van der Waals surface area contributed by atoms with Gasteiger partial charge in [0.2, 0.25) is 0 Å². The van der Waals surface area contributed by atoms with Crippen molar-refractivity contribution >= 4 is 11.7 Å². The van der Waals surface area contributed by atoms with E-state index in [9.17, 15) is 4.79 Å². The maximum atomic E-state index is 12.4. The van der Waals surface area contributed by atoms with E-state index in [0.717, 1.165) is 37.7 Å². The van der Waals surface area contributed by atoms with Crippen LogP contribution in [-0.4, -0.2) is 30.4 Å². The van der Waals surface area contributed by atoms with Gasteiger partial charge in [-0.25, -0.2) is 0 Å². The van der Waals surface area contributed by atoms with Crippen molar-refractivity contribution in [3.8, 4) is 0 Å². The van der Waals surface area contributed by atoms with Gasteiger partial charge in [-0.05, 0) is 44.7 Å². The van der Waals surface area contributed by atoms with Gasteiger partial charge in [-0.2, -0.15) is 0 Å². The molecule has 0 aromatic carbocycles. The number of hydrogen-bond donors (Lipinski definition) is 2. The molecule has 4 nitrogen and oxygen atoms in total. The molecule has 0 unspecified atom stereocenters. The predicted molar refractivity (Wildman–Crippen MR) is 87.5 cm³/mol. The molecule has 0 aromatic rings. The first kappa shape index (κ1) is 16.5. The molecule has 1 saturated carbocycles. The van der Waals surface area contributed by atoms with Crippen LogP contribution >= 0.6 is 0 Å². The Labute approximate surface area is 129 Å². The van der Waals surface area contributed by atoms with Gasteiger partial charge in [0.25, 0.3) is 5.91 Å². The number of carbonyl (C=O) groups is 1. The number of aliphatic imine (C=N–C) groups is 1. The summed E-state index contributed by atoms with van der Waals surface area (Å²) in [6.45, 7) is 4.09. The molecule has 2 heterocycles. The average molecular weight is 293 g/mol. The van der Waals surface area contributed by atoms with Crippen LogP contribution < -0.4 is 10.6 Å². The van der Waals surface area contributed by atoms with Gasteiger partial charge >= 0.3 is 0 Å². The molecular weight excluding hydrogens is 262 g/mol. The molecule has 3 aliphatic rings. The second kappa shape index (κ2) is 6.91. The summed E-state index contributed by atoms with van der Waals surface area (Å²) >= 11 is 0. The fourth-order valence-electron chi connectivity index (χ4n) is 4.12. The second-order valence-electron chi connectivity index (χ2n) is 6.75. The van der Waals surface area contributed by atoms with Crippen LogP contribution in [0.3, 0.4) is 0 Å². The Hall–Kier alpha value is -0.900. The number of piperidine rings is 1. The summed E-state index contributed by atoms with van der Waals surface area (Å²) in [7, 11) is 0. The Kier molecular flexibility index (Phi) is 5.42. The second-order valence-corrected chi connectivity index (χ2v) is 6.75. The molecule has 1 amide bonds. The van der Waals surface area contributed by atoms with Crippen LogP contribution in [0.2, 0.25) is 0 Å². The number of amidine groups is 1. The van der Waals surface area contributed by atoms with Crippen LogP contribution in [0.15, 0.2) is 4.99 Å². The van der Waals surface area contributed by atoms with E-state index in [0.29, 0.717) is 5.92 Å². The van der Waals surface area contributed by atoms with E-state index in [1.807, 2.05) is 0 Å². The summed E-state index contributed by atoms with van der Waals surface area (Å²) < 4.78 is 0. The summed E-state index contributed by atoms with van der Waals surface area (Å²) in [5.74, 6) is 2.51. The minimum atomic E-state index is -0.432. The van der Waals surface area contributed by atoms with Crippen LogP contribution in [0.1, 0.15) is 65.7 Å². The molecule has 2 aliphatic heterocycles.